The third-order valence-corrected chi connectivity index (χ3v) is 3.52. The maximum Gasteiger partial charge on any atom is 0.242 e. The van der Waals surface area contributed by atoms with Crippen molar-refractivity contribution in [2.24, 2.45) is 11.3 Å². The molecule has 4 nitrogen and oxygen atoms in total. The Labute approximate surface area is 107 Å². The Bertz CT molecular complexity index is 346. The first-order valence-electron chi connectivity index (χ1n) is 5.78. The van der Waals surface area contributed by atoms with Gasteiger partial charge in [0.25, 0.3) is 0 Å². The molecule has 1 unspecified atom stereocenters. The molecule has 0 aromatic heterocycles. The van der Waals surface area contributed by atoms with Gasteiger partial charge in [-0.15, -0.1) is 6.58 Å². The summed E-state index contributed by atoms with van der Waals surface area (Å²) < 4.78 is 0. The number of nitrogens with one attached hydrogen (secondary N) is 2. The van der Waals surface area contributed by atoms with E-state index >= 15 is 0 Å². The van der Waals surface area contributed by atoms with Gasteiger partial charge >= 0.3 is 0 Å². The SMILES string of the molecule is C=CC(C)C1(CCCC)C(=O)NC(=S)NC1=O. The molecule has 94 valence electrons. The van der Waals surface area contributed by atoms with Gasteiger partial charge in [0.1, 0.15) is 5.41 Å². The van der Waals surface area contributed by atoms with Gasteiger partial charge in [-0.05, 0) is 24.6 Å². The summed E-state index contributed by atoms with van der Waals surface area (Å²) in [5, 5.41) is 5.16. The second-order valence-corrected chi connectivity index (χ2v) is 4.74. The number of rotatable bonds is 5. The molecule has 0 radical (unpaired) electrons. The summed E-state index contributed by atoms with van der Waals surface area (Å²) in [5.74, 6) is -0.851. The van der Waals surface area contributed by atoms with Crippen LogP contribution in [0.3, 0.4) is 0 Å². The minimum absolute atomic E-state index is 0.0865. The van der Waals surface area contributed by atoms with E-state index < -0.39 is 5.41 Å². The molecule has 5 heteroatoms. The minimum Gasteiger partial charge on any atom is -0.302 e. The highest BCUT2D eigenvalue weighted by Gasteiger charge is 2.51. The third kappa shape index (κ3) is 2.39. The Morgan fingerprint density at radius 2 is 1.94 bits per heavy atom. The van der Waals surface area contributed by atoms with Gasteiger partial charge in [-0.2, -0.15) is 0 Å². The van der Waals surface area contributed by atoms with Crippen molar-refractivity contribution in [3.63, 3.8) is 0 Å². The lowest BCUT2D eigenvalue weighted by molar-refractivity contribution is -0.146. The Balaban J connectivity index is 3.10. The van der Waals surface area contributed by atoms with E-state index in [1.807, 2.05) is 13.8 Å². The summed E-state index contributed by atoms with van der Waals surface area (Å²) in [6, 6.07) is 0. The molecule has 0 saturated carbocycles. The van der Waals surface area contributed by atoms with Crippen molar-refractivity contribution in [2.75, 3.05) is 0 Å². The summed E-state index contributed by atoms with van der Waals surface area (Å²) in [7, 11) is 0. The molecule has 17 heavy (non-hydrogen) atoms. The third-order valence-electron chi connectivity index (χ3n) is 3.32. The lowest BCUT2D eigenvalue weighted by atomic mass is 9.70. The van der Waals surface area contributed by atoms with E-state index in [2.05, 4.69) is 17.2 Å². The quantitative estimate of drug-likeness (QED) is 0.444. The molecule has 1 fully saturated rings. The van der Waals surface area contributed by atoms with E-state index in [-0.39, 0.29) is 22.8 Å². The van der Waals surface area contributed by atoms with Crippen molar-refractivity contribution < 1.29 is 9.59 Å². The minimum atomic E-state index is -1.07. The zero-order valence-corrected chi connectivity index (χ0v) is 11.0. The van der Waals surface area contributed by atoms with Gasteiger partial charge < -0.3 is 10.6 Å². The number of hydrogen-bond acceptors (Lipinski definition) is 3. The normalized spacial score (nSPS) is 20.5. The van der Waals surface area contributed by atoms with Crippen molar-refractivity contribution in [3.05, 3.63) is 12.7 Å². The van der Waals surface area contributed by atoms with Crippen LogP contribution < -0.4 is 10.6 Å². The molecule has 1 aliphatic heterocycles. The number of amides is 2. The Morgan fingerprint density at radius 1 is 1.41 bits per heavy atom. The van der Waals surface area contributed by atoms with Crippen LogP contribution in [0.1, 0.15) is 33.1 Å². The fraction of sp³-hybridized carbons (Fsp3) is 0.583. The van der Waals surface area contributed by atoms with Crippen LogP contribution in [-0.4, -0.2) is 16.9 Å². The molecule has 1 heterocycles. The largest absolute Gasteiger partial charge is 0.302 e. The maximum absolute atomic E-state index is 12.1. The van der Waals surface area contributed by atoms with Crippen LogP contribution in [0.5, 0.6) is 0 Å². The van der Waals surface area contributed by atoms with Crippen molar-refractivity contribution in [1.29, 1.82) is 0 Å². The van der Waals surface area contributed by atoms with Crippen molar-refractivity contribution in [1.82, 2.24) is 10.6 Å². The number of thiocarbonyl (C=S) groups is 1. The van der Waals surface area contributed by atoms with E-state index in [0.717, 1.165) is 12.8 Å². The molecule has 1 aliphatic rings. The summed E-state index contributed by atoms with van der Waals surface area (Å²) in [6.45, 7) is 7.54. The summed E-state index contributed by atoms with van der Waals surface area (Å²) >= 11 is 4.81. The van der Waals surface area contributed by atoms with Gasteiger partial charge in [0.05, 0.1) is 0 Å². The maximum atomic E-state index is 12.1. The molecular formula is C12H18N2O2S. The van der Waals surface area contributed by atoms with Gasteiger partial charge in [-0.1, -0.05) is 32.8 Å². The predicted octanol–water partition coefficient (Wildman–Crippen LogP) is 1.52. The van der Waals surface area contributed by atoms with Gasteiger partial charge in [0, 0.05) is 0 Å². The molecule has 1 atom stereocenters. The van der Waals surface area contributed by atoms with Gasteiger partial charge in [0.2, 0.25) is 11.8 Å². The zero-order valence-electron chi connectivity index (χ0n) is 10.2. The summed E-state index contributed by atoms with van der Waals surface area (Å²) in [5.41, 5.74) is -1.07. The lowest BCUT2D eigenvalue weighted by Gasteiger charge is -2.38. The molecule has 0 aromatic rings. The highest BCUT2D eigenvalue weighted by molar-refractivity contribution is 7.80. The molecule has 1 rings (SSSR count). The topological polar surface area (TPSA) is 58.2 Å². The molecule has 2 N–H and O–H groups in total. The highest BCUT2D eigenvalue weighted by atomic mass is 32.1. The second-order valence-electron chi connectivity index (χ2n) is 4.34. The fourth-order valence-corrected chi connectivity index (χ4v) is 2.27. The Morgan fingerprint density at radius 3 is 2.35 bits per heavy atom. The second kappa shape index (κ2) is 5.40. The number of carbonyl (C=O) groups excluding carboxylic acids is 2. The van der Waals surface area contributed by atoms with Gasteiger partial charge in [0.15, 0.2) is 5.11 Å². The van der Waals surface area contributed by atoms with Crippen LogP contribution in [0.2, 0.25) is 0 Å². The molecule has 1 saturated heterocycles. The van der Waals surface area contributed by atoms with Crippen LogP contribution in [0.25, 0.3) is 0 Å². The van der Waals surface area contributed by atoms with E-state index in [4.69, 9.17) is 12.2 Å². The first-order valence-corrected chi connectivity index (χ1v) is 6.19. The van der Waals surface area contributed by atoms with Gasteiger partial charge in [-0.3, -0.25) is 9.59 Å². The monoisotopic (exact) mass is 254 g/mol. The standard InChI is InChI=1S/C12H18N2O2S/c1-4-6-7-12(8(3)5-2)9(15)13-11(17)14-10(12)16/h5,8H,2,4,6-7H2,1,3H3,(H2,13,14,15,16,17). The first kappa shape index (κ1) is 13.8. The van der Waals surface area contributed by atoms with E-state index in [0.29, 0.717) is 6.42 Å². The van der Waals surface area contributed by atoms with Crippen LogP contribution in [0, 0.1) is 11.3 Å². The molecule has 2 amide bonds. The van der Waals surface area contributed by atoms with Crippen LogP contribution in [-0.2, 0) is 9.59 Å². The number of allylic oxidation sites excluding steroid dienone is 1. The van der Waals surface area contributed by atoms with Crippen molar-refractivity contribution >= 4 is 29.1 Å². The summed E-state index contributed by atoms with van der Waals surface area (Å²) in [6.07, 6.45) is 3.89. The molecule has 0 spiro atoms. The van der Waals surface area contributed by atoms with Crippen LogP contribution in [0.4, 0.5) is 0 Å². The molecule has 0 aromatic carbocycles. The smallest absolute Gasteiger partial charge is 0.242 e. The van der Waals surface area contributed by atoms with E-state index in [1.165, 1.54) is 0 Å². The highest BCUT2D eigenvalue weighted by Crippen LogP contribution is 2.36. The van der Waals surface area contributed by atoms with Crippen LogP contribution >= 0.6 is 12.2 Å². The average Bonchev–Trinajstić information content (AvgIpc) is 2.27. The van der Waals surface area contributed by atoms with Gasteiger partial charge in [-0.25, -0.2) is 0 Å². The first-order chi connectivity index (χ1) is 7.98. The molecular weight excluding hydrogens is 236 g/mol. The van der Waals surface area contributed by atoms with E-state index in [9.17, 15) is 9.59 Å². The number of unbranched alkanes of at least 4 members (excludes halogenated alkanes) is 1. The van der Waals surface area contributed by atoms with Crippen LogP contribution in [0.15, 0.2) is 12.7 Å². The summed E-state index contributed by atoms with van der Waals surface area (Å²) in [4.78, 5) is 24.3. The van der Waals surface area contributed by atoms with Crippen molar-refractivity contribution in [3.8, 4) is 0 Å². The average molecular weight is 254 g/mol. The number of hydrogen-bond donors (Lipinski definition) is 2. The fourth-order valence-electron chi connectivity index (χ4n) is 2.09. The molecule has 0 bridgehead atoms. The Hall–Kier alpha value is -1.23. The predicted molar refractivity (Wildman–Crippen MR) is 70.2 cm³/mol. The zero-order chi connectivity index (χ0) is 13.1. The number of carbonyl (C=O) groups is 2. The van der Waals surface area contributed by atoms with E-state index in [1.54, 1.807) is 6.08 Å². The van der Waals surface area contributed by atoms with Crippen molar-refractivity contribution in [2.45, 2.75) is 33.1 Å². The Kier molecular flexibility index (Phi) is 4.40. The molecule has 0 aliphatic carbocycles. The lowest BCUT2D eigenvalue weighted by Crippen LogP contribution is -2.64.